The van der Waals surface area contributed by atoms with E-state index in [0.29, 0.717) is 18.5 Å². The van der Waals surface area contributed by atoms with Crippen LogP contribution < -0.4 is 5.32 Å². The molecule has 2 aliphatic heterocycles. The molecule has 3 rings (SSSR count). The van der Waals surface area contributed by atoms with E-state index in [2.05, 4.69) is 15.1 Å². The smallest absolute Gasteiger partial charge is 0.234 e. The van der Waals surface area contributed by atoms with Crippen LogP contribution in [0.4, 0.5) is 0 Å². The summed E-state index contributed by atoms with van der Waals surface area (Å²) in [6.07, 6.45) is 11.6. The summed E-state index contributed by atoms with van der Waals surface area (Å²) in [5.74, 6) is 0.569. The van der Waals surface area contributed by atoms with Crippen molar-refractivity contribution in [1.82, 2.24) is 15.1 Å². The van der Waals surface area contributed by atoms with Gasteiger partial charge in [0, 0.05) is 25.7 Å². The average molecular weight is 335 g/mol. The molecule has 0 aromatic carbocycles. The number of nitrogens with one attached hydrogen (secondary N) is 1. The summed E-state index contributed by atoms with van der Waals surface area (Å²) >= 11 is 0. The Labute approximate surface area is 146 Å². The highest BCUT2D eigenvalue weighted by atomic mass is 16.2. The number of nitrogens with zero attached hydrogens (tertiary/aromatic N) is 2. The molecule has 2 saturated heterocycles. The molecule has 1 N–H and O–H groups in total. The first kappa shape index (κ1) is 17.7. The van der Waals surface area contributed by atoms with Crippen LogP contribution in [-0.2, 0) is 9.59 Å². The third kappa shape index (κ3) is 4.95. The van der Waals surface area contributed by atoms with Gasteiger partial charge in [0.1, 0.15) is 0 Å². The molecule has 5 nitrogen and oxygen atoms in total. The van der Waals surface area contributed by atoms with Crippen LogP contribution in [0.1, 0.15) is 64.2 Å². The predicted octanol–water partition coefficient (Wildman–Crippen LogP) is 2.16. The van der Waals surface area contributed by atoms with Gasteiger partial charge in [0.05, 0.1) is 12.5 Å². The number of rotatable bonds is 4. The molecule has 1 atom stereocenters. The third-order valence-electron chi connectivity index (χ3n) is 5.86. The molecule has 0 radical (unpaired) electrons. The zero-order valence-electron chi connectivity index (χ0n) is 15.0. The lowest BCUT2D eigenvalue weighted by molar-refractivity contribution is -0.139. The highest BCUT2D eigenvalue weighted by Crippen LogP contribution is 2.21. The van der Waals surface area contributed by atoms with Crippen molar-refractivity contribution in [1.29, 1.82) is 0 Å². The van der Waals surface area contributed by atoms with Crippen molar-refractivity contribution in [3.8, 4) is 0 Å². The second-order valence-corrected chi connectivity index (χ2v) is 7.86. The molecule has 1 unspecified atom stereocenters. The Bertz CT molecular complexity index is 428. The molecule has 3 fully saturated rings. The Morgan fingerprint density at radius 1 is 0.833 bits per heavy atom. The quantitative estimate of drug-likeness (QED) is 0.856. The van der Waals surface area contributed by atoms with Gasteiger partial charge in [-0.3, -0.25) is 14.5 Å². The molecule has 0 spiro atoms. The molecule has 2 amide bonds. The molecule has 24 heavy (non-hydrogen) atoms. The summed E-state index contributed by atoms with van der Waals surface area (Å²) in [6, 6.07) is 0.377. The van der Waals surface area contributed by atoms with Crippen LogP contribution in [-0.4, -0.2) is 60.4 Å². The largest absolute Gasteiger partial charge is 0.352 e. The van der Waals surface area contributed by atoms with E-state index in [1.54, 1.807) is 0 Å². The molecule has 1 aliphatic carbocycles. The molecule has 5 heteroatoms. The maximum absolute atomic E-state index is 12.7. The summed E-state index contributed by atoms with van der Waals surface area (Å²) in [4.78, 5) is 29.3. The minimum atomic E-state index is 0.0966. The zero-order valence-corrected chi connectivity index (χ0v) is 15.0. The number of likely N-dealkylation sites (tertiary alicyclic amines) is 2. The van der Waals surface area contributed by atoms with Crippen LogP contribution in [0.15, 0.2) is 0 Å². The van der Waals surface area contributed by atoms with Gasteiger partial charge in [-0.05, 0) is 51.5 Å². The van der Waals surface area contributed by atoms with E-state index in [4.69, 9.17) is 0 Å². The van der Waals surface area contributed by atoms with E-state index in [0.717, 1.165) is 64.7 Å². The number of amides is 2. The lowest BCUT2D eigenvalue weighted by atomic mass is 9.95. The maximum atomic E-state index is 12.7. The summed E-state index contributed by atoms with van der Waals surface area (Å²) in [5.41, 5.74) is 0. The summed E-state index contributed by atoms with van der Waals surface area (Å²) < 4.78 is 0. The van der Waals surface area contributed by atoms with Gasteiger partial charge < -0.3 is 10.2 Å². The van der Waals surface area contributed by atoms with Crippen LogP contribution in [0.2, 0.25) is 0 Å². The van der Waals surface area contributed by atoms with Gasteiger partial charge in [0.15, 0.2) is 0 Å². The monoisotopic (exact) mass is 335 g/mol. The lowest BCUT2D eigenvalue weighted by Crippen LogP contribution is -2.49. The zero-order chi connectivity index (χ0) is 16.8. The fraction of sp³-hybridized carbons (Fsp3) is 0.895. The first-order chi connectivity index (χ1) is 11.7. The number of hydrogen-bond acceptors (Lipinski definition) is 3. The van der Waals surface area contributed by atoms with Gasteiger partial charge >= 0.3 is 0 Å². The highest BCUT2D eigenvalue weighted by Gasteiger charge is 2.30. The van der Waals surface area contributed by atoms with Gasteiger partial charge in [-0.25, -0.2) is 0 Å². The molecule has 0 bridgehead atoms. The van der Waals surface area contributed by atoms with Crippen molar-refractivity contribution in [2.75, 3.05) is 32.7 Å². The van der Waals surface area contributed by atoms with Crippen LogP contribution >= 0.6 is 0 Å². The van der Waals surface area contributed by atoms with Gasteiger partial charge in [0.2, 0.25) is 11.8 Å². The number of carbonyl (C=O) groups excluding carboxylic acids is 2. The Morgan fingerprint density at radius 2 is 1.54 bits per heavy atom. The maximum Gasteiger partial charge on any atom is 0.234 e. The first-order valence-electron chi connectivity index (χ1n) is 10.0. The topological polar surface area (TPSA) is 52.7 Å². The van der Waals surface area contributed by atoms with Crippen LogP contribution in [0.3, 0.4) is 0 Å². The number of piperidine rings is 2. The van der Waals surface area contributed by atoms with Crippen molar-refractivity contribution in [3.05, 3.63) is 0 Å². The van der Waals surface area contributed by atoms with Gasteiger partial charge in [-0.2, -0.15) is 0 Å². The van der Waals surface area contributed by atoms with Crippen molar-refractivity contribution in [2.24, 2.45) is 5.92 Å². The second-order valence-electron chi connectivity index (χ2n) is 7.86. The fourth-order valence-electron chi connectivity index (χ4n) is 4.50. The van der Waals surface area contributed by atoms with Crippen molar-refractivity contribution in [3.63, 3.8) is 0 Å². The Morgan fingerprint density at radius 3 is 2.29 bits per heavy atom. The van der Waals surface area contributed by atoms with E-state index < -0.39 is 0 Å². The van der Waals surface area contributed by atoms with E-state index in [1.165, 1.54) is 25.7 Å². The van der Waals surface area contributed by atoms with Crippen molar-refractivity contribution >= 4 is 11.8 Å². The Kier molecular flexibility index (Phi) is 6.52. The molecule has 3 aliphatic rings. The third-order valence-corrected chi connectivity index (χ3v) is 5.86. The Hall–Kier alpha value is -1.10. The minimum absolute atomic E-state index is 0.0966. The summed E-state index contributed by atoms with van der Waals surface area (Å²) in [5, 5.41) is 3.20. The van der Waals surface area contributed by atoms with Crippen LogP contribution in [0.25, 0.3) is 0 Å². The van der Waals surface area contributed by atoms with E-state index >= 15 is 0 Å². The fourth-order valence-corrected chi connectivity index (χ4v) is 4.50. The average Bonchev–Trinajstić information content (AvgIpc) is 2.63. The van der Waals surface area contributed by atoms with E-state index in [-0.39, 0.29) is 11.8 Å². The molecule has 0 aromatic heterocycles. The first-order valence-corrected chi connectivity index (χ1v) is 10.0. The summed E-state index contributed by atoms with van der Waals surface area (Å²) in [7, 11) is 0. The lowest BCUT2D eigenvalue weighted by Gasteiger charge is -2.36. The van der Waals surface area contributed by atoms with Crippen LogP contribution in [0, 0.1) is 5.92 Å². The number of carbonyl (C=O) groups is 2. The van der Waals surface area contributed by atoms with E-state index in [9.17, 15) is 9.59 Å². The normalized spacial score (nSPS) is 27.0. The van der Waals surface area contributed by atoms with Crippen LogP contribution in [0.5, 0.6) is 0 Å². The molecule has 1 saturated carbocycles. The van der Waals surface area contributed by atoms with Gasteiger partial charge in [-0.1, -0.05) is 19.3 Å². The highest BCUT2D eigenvalue weighted by molar-refractivity contribution is 5.80. The number of hydrogen-bond donors (Lipinski definition) is 1. The minimum Gasteiger partial charge on any atom is -0.352 e. The molecule has 136 valence electrons. The second kappa shape index (κ2) is 8.84. The van der Waals surface area contributed by atoms with Crippen molar-refractivity contribution in [2.45, 2.75) is 70.3 Å². The standard InChI is InChI=1S/C19H33N3O2/c23-18(20-17-9-3-1-4-10-17)15-21-11-7-8-16(14-21)19(24)22-12-5-2-6-13-22/h16-17H,1-15H2,(H,20,23). The predicted molar refractivity (Wildman–Crippen MR) is 94.6 cm³/mol. The van der Waals surface area contributed by atoms with Crippen molar-refractivity contribution < 1.29 is 9.59 Å². The molecular weight excluding hydrogens is 302 g/mol. The molecular formula is C19H33N3O2. The molecule has 0 aromatic rings. The van der Waals surface area contributed by atoms with E-state index in [1.807, 2.05) is 0 Å². The SMILES string of the molecule is O=C(CN1CCCC(C(=O)N2CCCCC2)C1)NC1CCCCC1. The van der Waals surface area contributed by atoms with Gasteiger partial charge in [-0.15, -0.1) is 0 Å². The molecule has 2 heterocycles. The summed E-state index contributed by atoms with van der Waals surface area (Å²) in [6.45, 7) is 4.02. The Balaban J connectivity index is 1.44. The van der Waals surface area contributed by atoms with Gasteiger partial charge in [0.25, 0.3) is 0 Å².